The van der Waals surface area contributed by atoms with Crippen LogP contribution in [-0.2, 0) is 4.79 Å². The molecule has 0 bridgehead atoms. The van der Waals surface area contributed by atoms with Crippen molar-refractivity contribution >= 4 is 52.1 Å². The number of nitrogens with one attached hydrogen (secondary N) is 2. The molecule has 8 heteroatoms. The lowest BCUT2D eigenvalue weighted by atomic mass is 10.3. The highest BCUT2D eigenvalue weighted by Crippen LogP contribution is 2.24. The van der Waals surface area contributed by atoms with E-state index in [1.807, 2.05) is 0 Å². The second-order valence-corrected chi connectivity index (χ2v) is 5.82. The first-order valence-corrected chi connectivity index (χ1v) is 7.97. The molecule has 0 heterocycles. The number of anilines is 1. The Bertz CT molecular complexity index is 739. The summed E-state index contributed by atoms with van der Waals surface area (Å²) in [5, 5.41) is 6.31. The fourth-order valence-corrected chi connectivity index (χ4v) is 2.25. The van der Waals surface area contributed by atoms with E-state index in [0.29, 0.717) is 27.2 Å². The smallest absolute Gasteiger partial charge is 0.264 e. The van der Waals surface area contributed by atoms with Crippen molar-refractivity contribution in [3.05, 3.63) is 52.5 Å². The van der Waals surface area contributed by atoms with Gasteiger partial charge in [0.1, 0.15) is 11.5 Å². The van der Waals surface area contributed by atoms with Crippen LogP contribution in [0.1, 0.15) is 0 Å². The van der Waals surface area contributed by atoms with Crippen molar-refractivity contribution in [2.75, 3.05) is 19.0 Å². The number of thiocarbonyl (C=S) groups is 1. The van der Waals surface area contributed by atoms with Crippen LogP contribution in [0.2, 0.25) is 10.0 Å². The highest BCUT2D eigenvalue weighted by molar-refractivity contribution is 7.80. The molecule has 0 aliphatic carbocycles. The molecule has 126 valence electrons. The summed E-state index contributed by atoms with van der Waals surface area (Å²) in [7, 11) is 1.57. The fraction of sp³-hybridized carbons (Fsp3) is 0.125. The molecule has 0 fully saturated rings. The first-order valence-electron chi connectivity index (χ1n) is 6.80. The number of rotatable bonds is 5. The Kier molecular flexibility index (Phi) is 6.66. The zero-order valence-electron chi connectivity index (χ0n) is 12.6. The average molecular weight is 385 g/mol. The Balaban J connectivity index is 1.80. The van der Waals surface area contributed by atoms with E-state index in [0.717, 1.165) is 0 Å². The monoisotopic (exact) mass is 384 g/mol. The molecule has 1 amide bonds. The lowest BCUT2D eigenvalue weighted by Crippen LogP contribution is -2.37. The maximum absolute atomic E-state index is 11.8. The summed E-state index contributed by atoms with van der Waals surface area (Å²) in [5.74, 6) is 0.872. The van der Waals surface area contributed by atoms with Crippen molar-refractivity contribution < 1.29 is 14.3 Å². The van der Waals surface area contributed by atoms with E-state index in [4.69, 9.17) is 44.9 Å². The van der Waals surface area contributed by atoms with E-state index in [1.165, 1.54) is 0 Å². The van der Waals surface area contributed by atoms with Crippen molar-refractivity contribution in [2.24, 2.45) is 0 Å². The number of benzene rings is 2. The molecule has 0 saturated heterocycles. The number of carbonyl (C=O) groups is 1. The van der Waals surface area contributed by atoms with Crippen molar-refractivity contribution in [2.45, 2.75) is 0 Å². The fourth-order valence-electron chi connectivity index (χ4n) is 1.72. The minimum Gasteiger partial charge on any atom is -0.497 e. The van der Waals surface area contributed by atoms with Crippen molar-refractivity contribution in [1.82, 2.24) is 5.32 Å². The molecule has 0 aliphatic heterocycles. The zero-order chi connectivity index (χ0) is 17.5. The second-order valence-electron chi connectivity index (χ2n) is 4.60. The molecule has 2 aromatic carbocycles. The van der Waals surface area contributed by atoms with Gasteiger partial charge in [0.15, 0.2) is 11.7 Å². The summed E-state index contributed by atoms with van der Waals surface area (Å²) in [4.78, 5) is 11.8. The van der Waals surface area contributed by atoms with Gasteiger partial charge in [0.05, 0.1) is 17.2 Å². The summed E-state index contributed by atoms with van der Waals surface area (Å²) >= 11 is 16.8. The molecule has 0 unspecified atom stereocenters. The summed E-state index contributed by atoms with van der Waals surface area (Å²) < 4.78 is 10.4. The molecule has 5 nitrogen and oxygen atoms in total. The van der Waals surface area contributed by atoms with Crippen LogP contribution in [-0.4, -0.2) is 24.7 Å². The van der Waals surface area contributed by atoms with Gasteiger partial charge >= 0.3 is 0 Å². The first kappa shape index (κ1) is 18.3. The van der Waals surface area contributed by atoms with Crippen molar-refractivity contribution in [3.63, 3.8) is 0 Å². The Morgan fingerprint density at radius 3 is 2.38 bits per heavy atom. The highest BCUT2D eigenvalue weighted by Gasteiger charge is 2.07. The minimum atomic E-state index is -0.386. The van der Waals surface area contributed by atoms with Crippen LogP contribution in [0.25, 0.3) is 0 Å². The number of halogens is 2. The minimum absolute atomic E-state index is 0.136. The molecule has 24 heavy (non-hydrogen) atoms. The predicted molar refractivity (Wildman–Crippen MR) is 99.3 cm³/mol. The number of amides is 1. The zero-order valence-corrected chi connectivity index (χ0v) is 15.0. The topological polar surface area (TPSA) is 59.6 Å². The number of ether oxygens (including phenoxy) is 2. The van der Waals surface area contributed by atoms with Crippen LogP contribution in [0.5, 0.6) is 11.5 Å². The SMILES string of the molecule is COc1ccc(OCC(=O)NC(=S)Nc2ccc(Cl)c(Cl)c2)cc1. The van der Waals surface area contributed by atoms with Gasteiger partial charge in [-0.15, -0.1) is 0 Å². The van der Waals surface area contributed by atoms with E-state index in [-0.39, 0.29) is 17.6 Å². The van der Waals surface area contributed by atoms with Crippen LogP contribution in [0.15, 0.2) is 42.5 Å². The summed E-state index contributed by atoms with van der Waals surface area (Å²) in [6, 6.07) is 11.8. The predicted octanol–water partition coefficient (Wildman–Crippen LogP) is 3.89. The van der Waals surface area contributed by atoms with Gasteiger partial charge in [-0.25, -0.2) is 0 Å². The summed E-state index contributed by atoms with van der Waals surface area (Å²) in [6.45, 7) is -0.171. The van der Waals surface area contributed by atoms with E-state index >= 15 is 0 Å². The van der Waals surface area contributed by atoms with Gasteiger partial charge in [-0.2, -0.15) is 0 Å². The van der Waals surface area contributed by atoms with Gasteiger partial charge in [0.25, 0.3) is 5.91 Å². The molecule has 0 radical (unpaired) electrons. The van der Waals surface area contributed by atoms with Gasteiger partial charge in [0.2, 0.25) is 0 Å². The van der Waals surface area contributed by atoms with Crippen LogP contribution >= 0.6 is 35.4 Å². The molecule has 2 rings (SSSR count). The first-order chi connectivity index (χ1) is 11.5. The Labute approximate surface area is 154 Å². The van der Waals surface area contributed by atoms with Crippen LogP contribution in [0.3, 0.4) is 0 Å². The number of hydrogen-bond donors (Lipinski definition) is 2. The molecule has 2 N–H and O–H groups in total. The van der Waals surface area contributed by atoms with Gasteiger partial charge in [0, 0.05) is 5.69 Å². The average Bonchev–Trinajstić information content (AvgIpc) is 2.56. The molecule has 2 aromatic rings. The third-order valence-electron chi connectivity index (χ3n) is 2.86. The molecular formula is C16H14Cl2N2O3S. The highest BCUT2D eigenvalue weighted by atomic mass is 35.5. The largest absolute Gasteiger partial charge is 0.497 e. The van der Waals surface area contributed by atoms with Gasteiger partial charge in [-0.3, -0.25) is 10.1 Å². The maximum Gasteiger partial charge on any atom is 0.264 e. The lowest BCUT2D eigenvalue weighted by molar-refractivity contribution is -0.121. The van der Waals surface area contributed by atoms with E-state index < -0.39 is 0 Å². The summed E-state index contributed by atoms with van der Waals surface area (Å²) in [6.07, 6.45) is 0. The van der Waals surface area contributed by atoms with E-state index in [1.54, 1.807) is 49.6 Å². The third kappa shape index (κ3) is 5.56. The van der Waals surface area contributed by atoms with Crippen molar-refractivity contribution in [1.29, 1.82) is 0 Å². The molecule has 0 aliphatic rings. The maximum atomic E-state index is 11.8. The molecule has 0 aromatic heterocycles. The summed E-state index contributed by atoms with van der Waals surface area (Å²) in [5.41, 5.74) is 0.616. The van der Waals surface area contributed by atoms with Gasteiger partial charge in [-0.1, -0.05) is 23.2 Å². The molecule has 0 atom stereocenters. The quantitative estimate of drug-likeness (QED) is 0.765. The molecule has 0 spiro atoms. The number of hydrogen-bond acceptors (Lipinski definition) is 4. The van der Waals surface area contributed by atoms with Crippen LogP contribution in [0, 0.1) is 0 Å². The normalized spacial score (nSPS) is 9.96. The number of methoxy groups -OCH3 is 1. The Morgan fingerprint density at radius 2 is 1.75 bits per heavy atom. The third-order valence-corrected chi connectivity index (χ3v) is 3.80. The van der Waals surface area contributed by atoms with Gasteiger partial charge < -0.3 is 14.8 Å². The van der Waals surface area contributed by atoms with Crippen LogP contribution < -0.4 is 20.1 Å². The van der Waals surface area contributed by atoms with Crippen molar-refractivity contribution in [3.8, 4) is 11.5 Å². The van der Waals surface area contributed by atoms with E-state index in [9.17, 15) is 4.79 Å². The van der Waals surface area contributed by atoms with E-state index in [2.05, 4.69) is 10.6 Å². The molecular weight excluding hydrogens is 371 g/mol. The standard InChI is InChI=1S/C16H14Cl2N2O3S/c1-22-11-3-5-12(6-4-11)23-9-15(21)20-16(24)19-10-2-7-13(17)14(18)8-10/h2-8H,9H2,1H3,(H2,19,20,21,24). The Hall–Kier alpha value is -2.02. The van der Waals surface area contributed by atoms with Gasteiger partial charge in [-0.05, 0) is 54.7 Å². The lowest BCUT2D eigenvalue weighted by Gasteiger charge is -2.11. The number of carbonyl (C=O) groups excluding carboxylic acids is 1. The second kappa shape index (κ2) is 8.73. The Morgan fingerprint density at radius 1 is 1.08 bits per heavy atom. The molecule has 0 saturated carbocycles. The van der Waals surface area contributed by atoms with Crippen LogP contribution in [0.4, 0.5) is 5.69 Å².